The van der Waals surface area contributed by atoms with E-state index in [4.69, 9.17) is 5.53 Å². The molecule has 4 rings (SSSR count). The van der Waals surface area contributed by atoms with Crippen molar-refractivity contribution in [1.82, 2.24) is 4.57 Å². The molecule has 0 saturated heterocycles. The van der Waals surface area contributed by atoms with Gasteiger partial charge in [0.25, 0.3) is 0 Å². The Morgan fingerprint density at radius 1 is 1.04 bits per heavy atom. The van der Waals surface area contributed by atoms with Crippen molar-refractivity contribution in [3.63, 3.8) is 0 Å². The lowest BCUT2D eigenvalue weighted by Crippen LogP contribution is -2.37. The van der Waals surface area contributed by atoms with Crippen molar-refractivity contribution < 1.29 is 13.9 Å². The summed E-state index contributed by atoms with van der Waals surface area (Å²) in [4.78, 5) is 2.83. The van der Waals surface area contributed by atoms with Crippen molar-refractivity contribution in [3.8, 4) is 0 Å². The summed E-state index contributed by atoms with van der Waals surface area (Å²) in [7, 11) is 0. The highest BCUT2D eigenvalue weighted by molar-refractivity contribution is 6.08. The number of benzene rings is 2. The highest BCUT2D eigenvalue weighted by atomic mass is 19.1. The Hall–Kier alpha value is -2.63. The maximum absolute atomic E-state index is 13.7. The number of nitrogens with zero attached hydrogens (tertiary/aromatic N) is 4. The Bertz CT molecular complexity index is 950. The van der Waals surface area contributed by atoms with Crippen molar-refractivity contribution in [2.24, 2.45) is 5.11 Å². The average molecular weight is 342 g/mol. The Kier molecular flexibility index (Phi) is 3.82. The Labute approximate surface area is 142 Å². The molecule has 5 nitrogen and oxygen atoms in total. The van der Waals surface area contributed by atoms with Crippen LogP contribution in [0.15, 0.2) is 41.5 Å². The van der Waals surface area contributed by atoms with Gasteiger partial charge in [-0.15, -0.1) is 0 Å². The molecule has 0 radical (unpaired) electrons. The van der Waals surface area contributed by atoms with E-state index in [1.54, 1.807) is 12.1 Å². The smallest absolute Gasteiger partial charge is 0.123 e. The standard InChI is InChI=1S/C18H16F2N4O/c19-10-4-6-15-12(8-10)13-9-11(20)5-7-16(13)24(15)17-3-1-2-14(18(17)25)22-23-21/h4-9,14,17-18,25H,1-3H2/t14?,17-,18-/m1/s1. The summed E-state index contributed by atoms with van der Waals surface area (Å²) in [5.41, 5.74) is 10.2. The van der Waals surface area contributed by atoms with Gasteiger partial charge in [0.15, 0.2) is 0 Å². The molecule has 1 aliphatic carbocycles. The van der Waals surface area contributed by atoms with Gasteiger partial charge < -0.3 is 9.67 Å². The topological polar surface area (TPSA) is 73.9 Å². The third-order valence-electron chi connectivity index (χ3n) is 5.05. The molecule has 1 aromatic heterocycles. The molecule has 0 bridgehead atoms. The van der Waals surface area contributed by atoms with Crippen LogP contribution < -0.4 is 0 Å². The second kappa shape index (κ2) is 6.02. The fourth-order valence-electron chi connectivity index (χ4n) is 3.96. The number of rotatable bonds is 2. The van der Waals surface area contributed by atoms with Crippen LogP contribution >= 0.6 is 0 Å². The first-order valence-electron chi connectivity index (χ1n) is 8.21. The second-order valence-electron chi connectivity index (χ2n) is 6.45. The zero-order chi connectivity index (χ0) is 17.6. The molecule has 1 unspecified atom stereocenters. The molecular formula is C18H16F2N4O. The first-order chi connectivity index (χ1) is 12.1. The first kappa shape index (κ1) is 15.9. The van der Waals surface area contributed by atoms with Gasteiger partial charge in [-0.05, 0) is 54.8 Å². The summed E-state index contributed by atoms with van der Waals surface area (Å²) in [6, 6.07) is 7.94. The van der Waals surface area contributed by atoms with E-state index in [2.05, 4.69) is 10.0 Å². The summed E-state index contributed by atoms with van der Waals surface area (Å²) < 4.78 is 29.4. The van der Waals surface area contributed by atoms with Crippen LogP contribution in [-0.4, -0.2) is 21.8 Å². The minimum atomic E-state index is -0.849. The van der Waals surface area contributed by atoms with E-state index in [9.17, 15) is 13.9 Å². The van der Waals surface area contributed by atoms with Gasteiger partial charge in [-0.1, -0.05) is 11.5 Å². The fourth-order valence-corrected chi connectivity index (χ4v) is 3.96. The third-order valence-corrected chi connectivity index (χ3v) is 5.05. The molecule has 2 aromatic carbocycles. The van der Waals surface area contributed by atoms with Gasteiger partial charge in [-0.25, -0.2) is 8.78 Å². The number of hydrogen-bond acceptors (Lipinski definition) is 2. The quantitative estimate of drug-likeness (QED) is 0.404. The Balaban J connectivity index is 1.98. The van der Waals surface area contributed by atoms with Crippen LogP contribution in [-0.2, 0) is 0 Å². The maximum Gasteiger partial charge on any atom is 0.123 e. The van der Waals surface area contributed by atoms with E-state index in [1.165, 1.54) is 24.3 Å². The molecule has 3 atom stereocenters. The monoisotopic (exact) mass is 342 g/mol. The zero-order valence-electron chi connectivity index (χ0n) is 13.3. The van der Waals surface area contributed by atoms with Crippen molar-refractivity contribution in [1.29, 1.82) is 0 Å². The Morgan fingerprint density at radius 2 is 1.64 bits per heavy atom. The molecule has 25 heavy (non-hydrogen) atoms. The van der Waals surface area contributed by atoms with Crippen LogP contribution in [0.4, 0.5) is 8.78 Å². The molecule has 0 amide bonds. The van der Waals surface area contributed by atoms with Crippen molar-refractivity contribution >= 4 is 21.8 Å². The highest BCUT2D eigenvalue weighted by Crippen LogP contribution is 2.39. The van der Waals surface area contributed by atoms with E-state index in [0.717, 1.165) is 17.5 Å². The molecule has 7 heteroatoms. The maximum atomic E-state index is 13.7. The summed E-state index contributed by atoms with van der Waals surface area (Å²) >= 11 is 0. The predicted molar refractivity (Wildman–Crippen MR) is 91.2 cm³/mol. The minimum absolute atomic E-state index is 0.319. The molecule has 1 aliphatic rings. The lowest BCUT2D eigenvalue weighted by atomic mass is 9.88. The van der Waals surface area contributed by atoms with Gasteiger partial charge in [0, 0.05) is 26.7 Å². The first-order valence-corrected chi connectivity index (χ1v) is 8.21. The second-order valence-corrected chi connectivity index (χ2v) is 6.45. The number of azide groups is 1. The molecule has 1 N–H and O–H groups in total. The Morgan fingerprint density at radius 3 is 2.20 bits per heavy atom. The van der Waals surface area contributed by atoms with Crippen LogP contribution in [0.2, 0.25) is 0 Å². The van der Waals surface area contributed by atoms with E-state index >= 15 is 0 Å². The van der Waals surface area contributed by atoms with Crippen LogP contribution in [0.25, 0.3) is 32.2 Å². The number of halogens is 2. The van der Waals surface area contributed by atoms with E-state index < -0.39 is 23.8 Å². The summed E-state index contributed by atoms with van der Waals surface area (Å²) in [5.74, 6) is -0.793. The molecular weight excluding hydrogens is 326 g/mol. The van der Waals surface area contributed by atoms with E-state index in [-0.39, 0.29) is 6.04 Å². The van der Waals surface area contributed by atoms with Gasteiger partial charge in [-0.3, -0.25) is 0 Å². The van der Waals surface area contributed by atoms with Gasteiger partial charge in [0.05, 0.1) is 18.2 Å². The molecule has 0 spiro atoms. The molecule has 3 aromatic rings. The van der Waals surface area contributed by atoms with Gasteiger partial charge in [-0.2, -0.15) is 0 Å². The highest BCUT2D eigenvalue weighted by Gasteiger charge is 2.34. The van der Waals surface area contributed by atoms with E-state index in [1.807, 2.05) is 4.57 Å². The molecule has 1 fully saturated rings. The molecule has 1 saturated carbocycles. The fraction of sp³-hybridized carbons (Fsp3) is 0.333. The summed E-state index contributed by atoms with van der Waals surface area (Å²) in [6.45, 7) is 0. The average Bonchev–Trinajstić information content (AvgIpc) is 2.90. The zero-order valence-corrected chi connectivity index (χ0v) is 13.3. The molecule has 1 heterocycles. The van der Waals surface area contributed by atoms with Crippen LogP contribution in [0.3, 0.4) is 0 Å². The third kappa shape index (κ3) is 2.52. The normalized spacial score (nSPS) is 23.7. The van der Waals surface area contributed by atoms with E-state index in [0.29, 0.717) is 23.6 Å². The van der Waals surface area contributed by atoms with Crippen LogP contribution in [0.1, 0.15) is 25.3 Å². The van der Waals surface area contributed by atoms with Gasteiger partial charge >= 0.3 is 0 Å². The lowest BCUT2D eigenvalue weighted by Gasteiger charge is -2.34. The van der Waals surface area contributed by atoms with Crippen LogP contribution in [0.5, 0.6) is 0 Å². The minimum Gasteiger partial charge on any atom is -0.391 e. The summed E-state index contributed by atoms with van der Waals surface area (Å²) in [6.07, 6.45) is 1.28. The number of hydrogen-bond donors (Lipinski definition) is 1. The van der Waals surface area contributed by atoms with Crippen molar-refractivity contribution in [2.75, 3.05) is 0 Å². The van der Waals surface area contributed by atoms with Crippen molar-refractivity contribution in [3.05, 3.63) is 58.5 Å². The van der Waals surface area contributed by atoms with Crippen LogP contribution in [0, 0.1) is 11.6 Å². The lowest BCUT2D eigenvalue weighted by molar-refractivity contribution is 0.0608. The molecule has 128 valence electrons. The number of aromatic nitrogens is 1. The molecule has 0 aliphatic heterocycles. The number of fused-ring (bicyclic) bond motifs is 3. The van der Waals surface area contributed by atoms with Gasteiger partial charge in [0.2, 0.25) is 0 Å². The predicted octanol–water partition coefficient (Wildman–Crippen LogP) is 4.84. The van der Waals surface area contributed by atoms with Gasteiger partial charge in [0.1, 0.15) is 11.6 Å². The SMILES string of the molecule is [N-]=[N+]=NC1CCC[C@@H](n2c3ccc(F)cc3c3cc(F)ccc32)[C@@H]1O. The summed E-state index contributed by atoms with van der Waals surface area (Å²) in [5, 5.41) is 15.6. The van der Waals surface area contributed by atoms with Crippen molar-refractivity contribution in [2.45, 2.75) is 37.5 Å². The number of aliphatic hydroxyl groups is 1. The number of aliphatic hydroxyl groups excluding tert-OH is 1. The largest absolute Gasteiger partial charge is 0.391 e.